The first-order chi connectivity index (χ1) is 12.1. The Hall–Kier alpha value is -3.34. The molecule has 0 aliphatic rings. The lowest BCUT2D eigenvalue weighted by Crippen LogP contribution is -2.04. The van der Waals surface area contributed by atoms with Crippen LogP contribution in [0.3, 0.4) is 0 Å². The van der Waals surface area contributed by atoms with Crippen LogP contribution in [-0.2, 0) is 4.79 Å². The Bertz CT molecular complexity index is 903. The number of aliphatic carboxylic acids is 1. The summed E-state index contributed by atoms with van der Waals surface area (Å²) in [5.41, 5.74) is 1.45. The molecule has 0 fully saturated rings. The van der Waals surface area contributed by atoms with E-state index in [2.05, 4.69) is 0 Å². The number of allylic oxidation sites excluding steroid dienone is 1. The van der Waals surface area contributed by atoms with Crippen LogP contribution in [-0.4, -0.2) is 23.5 Å². The average Bonchev–Trinajstić information content (AvgIpc) is 3.04. The molecule has 0 bridgehead atoms. The molecule has 0 aliphatic heterocycles. The number of para-hydroxylation sites is 1. The normalized spacial score (nSPS) is 11.0. The molecule has 1 N–H and O–H groups in total. The van der Waals surface area contributed by atoms with E-state index in [9.17, 15) is 9.59 Å². The molecular weight excluding hydrogens is 320 g/mol. The van der Waals surface area contributed by atoms with Crippen molar-refractivity contribution >= 4 is 28.8 Å². The monoisotopic (exact) mass is 336 g/mol. The molecule has 126 valence electrons. The lowest BCUT2D eigenvalue weighted by atomic mass is 10.1. The van der Waals surface area contributed by atoms with Gasteiger partial charge in [-0.05, 0) is 35.9 Å². The minimum Gasteiger partial charge on any atom is -0.493 e. The lowest BCUT2D eigenvalue weighted by Gasteiger charge is -2.04. The van der Waals surface area contributed by atoms with E-state index in [4.69, 9.17) is 14.3 Å². The highest BCUT2D eigenvalue weighted by atomic mass is 16.5. The maximum Gasteiger partial charge on any atom is 0.306 e. The molecule has 5 nitrogen and oxygen atoms in total. The van der Waals surface area contributed by atoms with Gasteiger partial charge in [0.1, 0.15) is 11.3 Å². The number of hydrogen-bond donors (Lipinski definition) is 1. The zero-order chi connectivity index (χ0) is 17.6. The lowest BCUT2D eigenvalue weighted by molar-refractivity contribution is -0.137. The van der Waals surface area contributed by atoms with Crippen LogP contribution in [0.25, 0.3) is 17.0 Å². The van der Waals surface area contributed by atoms with E-state index in [0.29, 0.717) is 11.3 Å². The van der Waals surface area contributed by atoms with Crippen molar-refractivity contribution in [2.45, 2.75) is 6.42 Å². The fraction of sp³-hybridized carbons (Fsp3) is 0.100. The number of hydrogen-bond acceptors (Lipinski definition) is 4. The first kappa shape index (κ1) is 16.5. The van der Waals surface area contributed by atoms with Crippen molar-refractivity contribution in [1.82, 2.24) is 0 Å². The van der Waals surface area contributed by atoms with Crippen molar-refractivity contribution in [3.05, 3.63) is 72.0 Å². The second-order valence-electron chi connectivity index (χ2n) is 5.41. The Kier molecular flexibility index (Phi) is 4.95. The van der Waals surface area contributed by atoms with Gasteiger partial charge in [0.2, 0.25) is 5.78 Å². The highest BCUT2D eigenvalue weighted by Gasteiger charge is 2.09. The summed E-state index contributed by atoms with van der Waals surface area (Å²) in [6.07, 6.45) is 3.04. The topological polar surface area (TPSA) is 76.7 Å². The Morgan fingerprint density at radius 3 is 2.72 bits per heavy atom. The zero-order valence-electron chi connectivity index (χ0n) is 13.3. The van der Waals surface area contributed by atoms with Gasteiger partial charge in [0.15, 0.2) is 5.76 Å². The molecule has 1 aromatic heterocycles. The van der Waals surface area contributed by atoms with E-state index in [1.54, 1.807) is 30.3 Å². The summed E-state index contributed by atoms with van der Waals surface area (Å²) in [5.74, 6) is -0.299. The number of rotatable bonds is 7. The largest absolute Gasteiger partial charge is 0.493 e. The third kappa shape index (κ3) is 4.35. The number of ketones is 1. The van der Waals surface area contributed by atoms with Crippen LogP contribution in [0.5, 0.6) is 5.75 Å². The van der Waals surface area contributed by atoms with Gasteiger partial charge >= 0.3 is 5.97 Å². The van der Waals surface area contributed by atoms with Crippen molar-refractivity contribution in [2.24, 2.45) is 0 Å². The fourth-order valence-electron chi connectivity index (χ4n) is 2.32. The van der Waals surface area contributed by atoms with Crippen LogP contribution in [0.2, 0.25) is 0 Å². The number of fused-ring (bicyclic) bond motifs is 1. The highest BCUT2D eigenvalue weighted by molar-refractivity contribution is 6.06. The van der Waals surface area contributed by atoms with Gasteiger partial charge in [0, 0.05) is 5.39 Å². The second-order valence-corrected chi connectivity index (χ2v) is 5.41. The number of furan rings is 1. The number of carbonyl (C=O) groups excluding carboxylic acids is 1. The molecule has 0 amide bonds. The molecule has 25 heavy (non-hydrogen) atoms. The van der Waals surface area contributed by atoms with Crippen molar-refractivity contribution in [1.29, 1.82) is 0 Å². The predicted molar refractivity (Wildman–Crippen MR) is 93.8 cm³/mol. The predicted octanol–water partition coefficient (Wildman–Crippen LogP) is 4.18. The smallest absolute Gasteiger partial charge is 0.306 e. The van der Waals surface area contributed by atoms with Crippen LogP contribution >= 0.6 is 0 Å². The van der Waals surface area contributed by atoms with Gasteiger partial charge in [-0.25, -0.2) is 0 Å². The van der Waals surface area contributed by atoms with Crippen molar-refractivity contribution in [3.8, 4) is 5.75 Å². The number of carboxylic acid groups (broad SMARTS) is 1. The molecule has 0 atom stereocenters. The molecule has 0 unspecified atom stereocenters. The maximum absolute atomic E-state index is 12.2. The minimum absolute atomic E-state index is 0.0649. The molecule has 0 radical (unpaired) electrons. The third-order valence-corrected chi connectivity index (χ3v) is 3.54. The van der Waals surface area contributed by atoms with Crippen LogP contribution < -0.4 is 4.74 Å². The minimum atomic E-state index is -0.910. The molecule has 3 aromatic rings. The molecule has 2 aromatic carbocycles. The first-order valence-corrected chi connectivity index (χ1v) is 7.77. The van der Waals surface area contributed by atoms with E-state index in [-0.39, 0.29) is 24.6 Å². The maximum atomic E-state index is 12.2. The fourth-order valence-corrected chi connectivity index (χ4v) is 2.32. The molecular formula is C20H16O5. The summed E-state index contributed by atoms with van der Waals surface area (Å²) in [5, 5.41) is 9.50. The molecule has 1 heterocycles. The number of benzene rings is 2. The van der Waals surface area contributed by atoms with Crippen LogP contribution in [0.1, 0.15) is 22.5 Å². The summed E-state index contributed by atoms with van der Waals surface area (Å²) < 4.78 is 10.9. The molecule has 0 saturated heterocycles. The van der Waals surface area contributed by atoms with E-state index >= 15 is 0 Å². The van der Waals surface area contributed by atoms with E-state index < -0.39 is 5.97 Å². The SMILES string of the molecule is O=C(O)CCOc1cccc(C=CC(=O)c2cc3ccccc3o2)c1. The summed E-state index contributed by atoms with van der Waals surface area (Å²) in [6, 6.07) is 16.2. The van der Waals surface area contributed by atoms with Crippen LogP contribution in [0.4, 0.5) is 0 Å². The van der Waals surface area contributed by atoms with Crippen molar-refractivity contribution in [2.75, 3.05) is 6.61 Å². The van der Waals surface area contributed by atoms with E-state index in [1.807, 2.05) is 30.3 Å². The number of ether oxygens (including phenoxy) is 1. The molecule has 0 saturated carbocycles. The molecule has 0 aliphatic carbocycles. The van der Waals surface area contributed by atoms with Crippen LogP contribution in [0, 0.1) is 0 Å². The molecule has 0 spiro atoms. The quantitative estimate of drug-likeness (QED) is 0.517. The summed E-state index contributed by atoms with van der Waals surface area (Å²) >= 11 is 0. The Morgan fingerprint density at radius 1 is 1.08 bits per heavy atom. The second kappa shape index (κ2) is 7.49. The Morgan fingerprint density at radius 2 is 1.92 bits per heavy atom. The summed E-state index contributed by atoms with van der Waals surface area (Å²) in [4.78, 5) is 22.7. The number of carbonyl (C=O) groups is 2. The standard InChI is InChI=1S/C20H16O5/c21-17(19-13-15-5-1-2-7-18(15)25-19)9-8-14-4-3-6-16(12-14)24-11-10-20(22)23/h1-9,12-13H,10-11H2,(H,22,23). The zero-order valence-corrected chi connectivity index (χ0v) is 13.3. The molecule has 3 rings (SSSR count). The van der Waals surface area contributed by atoms with Gasteiger partial charge in [0.05, 0.1) is 13.0 Å². The van der Waals surface area contributed by atoms with Gasteiger partial charge in [0.25, 0.3) is 0 Å². The van der Waals surface area contributed by atoms with E-state index in [0.717, 1.165) is 10.9 Å². The van der Waals surface area contributed by atoms with Gasteiger partial charge in [-0.15, -0.1) is 0 Å². The van der Waals surface area contributed by atoms with E-state index in [1.165, 1.54) is 6.08 Å². The van der Waals surface area contributed by atoms with Crippen molar-refractivity contribution < 1.29 is 23.8 Å². The average molecular weight is 336 g/mol. The summed E-state index contributed by atoms with van der Waals surface area (Å²) in [6.45, 7) is 0.0976. The molecule has 5 heteroatoms. The third-order valence-electron chi connectivity index (χ3n) is 3.54. The van der Waals surface area contributed by atoms with Gasteiger partial charge < -0.3 is 14.3 Å². The van der Waals surface area contributed by atoms with Crippen molar-refractivity contribution in [3.63, 3.8) is 0 Å². The van der Waals surface area contributed by atoms with Gasteiger partial charge in [-0.2, -0.15) is 0 Å². The van der Waals surface area contributed by atoms with Gasteiger partial charge in [-0.3, -0.25) is 9.59 Å². The number of carboxylic acids is 1. The first-order valence-electron chi connectivity index (χ1n) is 7.77. The van der Waals surface area contributed by atoms with Crippen LogP contribution in [0.15, 0.2) is 65.1 Å². The Balaban J connectivity index is 1.68. The highest BCUT2D eigenvalue weighted by Crippen LogP contribution is 2.20. The summed E-state index contributed by atoms with van der Waals surface area (Å²) in [7, 11) is 0. The Labute approximate surface area is 144 Å². The van der Waals surface area contributed by atoms with Gasteiger partial charge in [-0.1, -0.05) is 36.4 Å².